The number of ketones is 2. The molecule has 0 atom stereocenters. The molecule has 1 aliphatic carbocycles. The van der Waals surface area contributed by atoms with Gasteiger partial charge < -0.3 is 0 Å². The van der Waals surface area contributed by atoms with Crippen molar-refractivity contribution in [2.45, 2.75) is 41.2 Å². The SMILES string of the molecule is CC.CC.COC1=CC(=O)c2c(c(COC(=O)[O][Hg][Br])c(C)n2C)C1=O. The second-order valence-corrected chi connectivity index (χ2v) is 10.5. The molecule has 0 amide bonds. The summed E-state index contributed by atoms with van der Waals surface area (Å²) in [5.74, 6) is -0.735. The van der Waals surface area contributed by atoms with E-state index in [0.717, 1.165) is 0 Å². The van der Waals surface area contributed by atoms with Gasteiger partial charge in [-0.2, -0.15) is 0 Å². The molecule has 0 N–H and O–H groups in total. The first-order valence-electron chi connectivity index (χ1n) is 8.30. The van der Waals surface area contributed by atoms with Crippen LogP contribution in [0.25, 0.3) is 0 Å². The average Bonchev–Trinajstić information content (AvgIpc) is 2.91. The summed E-state index contributed by atoms with van der Waals surface area (Å²) < 4.78 is 16.4. The molecule has 26 heavy (non-hydrogen) atoms. The fourth-order valence-corrected chi connectivity index (χ4v) is 4.63. The molecule has 0 radical (unpaired) electrons. The molecule has 0 aromatic carbocycles. The molecule has 9 heteroatoms. The number of aromatic nitrogens is 1. The average molecular weight is 619 g/mol. The summed E-state index contributed by atoms with van der Waals surface area (Å²) in [6.45, 7) is 9.62. The fraction of sp³-hybridized carbons (Fsp3) is 0.471. The molecule has 0 unspecified atom stereocenters. The molecule has 7 nitrogen and oxygen atoms in total. The summed E-state index contributed by atoms with van der Waals surface area (Å²) >= 11 is 1.39. The van der Waals surface area contributed by atoms with Crippen LogP contribution in [-0.4, -0.2) is 29.4 Å². The van der Waals surface area contributed by atoms with E-state index in [-0.39, 0.29) is 29.4 Å². The Hall–Kier alpha value is -1.15. The number of Topliss-reactive ketones (excluding diaryl/α,β-unsaturated/α-hetero) is 1. The van der Waals surface area contributed by atoms with Crippen LogP contribution in [0.5, 0.6) is 0 Å². The third-order valence-corrected chi connectivity index (χ3v) is 6.84. The summed E-state index contributed by atoms with van der Waals surface area (Å²) in [6.07, 6.45) is 0.399. The summed E-state index contributed by atoms with van der Waals surface area (Å²) in [4.78, 5) is 35.9. The van der Waals surface area contributed by atoms with Crippen LogP contribution >= 0.6 is 11.9 Å². The van der Waals surface area contributed by atoms with Crippen LogP contribution in [0.3, 0.4) is 0 Å². The number of nitrogens with zero attached hydrogens (tertiary/aromatic N) is 1. The molecule has 0 bridgehead atoms. The van der Waals surface area contributed by atoms with Gasteiger partial charge in [0.2, 0.25) is 0 Å². The van der Waals surface area contributed by atoms with Crippen LogP contribution in [0.2, 0.25) is 0 Å². The number of hydrogen-bond donors (Lipinski definition) is 0. The monoisotopic (exact) mass is 619 g/mol. The molecule has 1 aliphatic rings. The molecule has 0 saturated carbocycles. The van der Waals surface area contributed by atoms with Crippen molar-refractivity contribution in [3.05, 3.63) is 34.3 Å². The van der Waals surface area contributed by atoms with E-state index in [4.69, 9.17) is 12.1 Å². The second kappa shape index (κ2) is 12.3. The number of carbonyl (C=O) groups excluding carboxylic acids is 3. The molecule has 142 valence electrons. The zero-order chi connectivity index (χ0) is 20.4. The van der Waals surface area contributed by atoms with E-state index in [1.165, 1.54) is 13.2 Å². The summed E-state index contributed by atoms with van der Waals surface area (Å²) in [5.41, 5.74) is 1.66. The minimum absolute atomic E-state index is 0.0239. The van der Waals surface area contributed by atoms with E-state index in [2.05, 4.69) is 11.9 Å². The van der Waals surface area contributed by atoms with Crippen molar-refractivity contribution >= 4 is 29.6 Å². The van der Waals surface area contributed by atoms with Crippen LogP contribution < -0.4 is 0 Å². The predicted octanol–water partition coefficient (Wildman–Crippen LogP) is 4.26. The minimum atomic E-state index is -1.77. The van der Waals surface area contributed by atoms with E-state index < -0.39 is 34.5 Å². The molecule has 0 aliphatic heterocycles. The zero-order valence-corrected chi connectivity index (χ0v) is 23.3. The normalized spacial score (nSPS) is 11.6. The topological polar surface area (TPSA) is 83.8 Å². The number of rotatable bonds is 4. The van der Waals surface area contributed by atoms with Crippen LogP contribution in [0.15, 0.2) is 11.8 Å². The van der Waals surface area contributed by atoms with Crippen molar-refractivity contribution in [1.29, 1.82) is 0 Å². The standard InChI is InChI=1S/C13H13NO6.2C2H6.BrH.Hg/c1-6-7(5-20-13(17)18)10-11(14(6)2)8(15)4-9(19-3)12(10)16;2*1-2;;/h4H,5H2,1-3H3,(H,17,18);2*1-2H3;1H;/q;;;;+2/p-2. The summed E-state index contributed by atoms with van der Waals surface area (Å²) in [7, 11) is 3.01. The summed E-state index contributed by atoms with van der Waals surface area (Å²) in [6, 6.07) is 0. The number of hydrogen-bond acceptors (Lipinski definition) is 6. The molecular formula is C17H24BrHgNO6. The molecule has 0 saturated heterocycles. The van der Waals surface area contributed by atoms with Gasteiger partial charge in [-0.25, -0.2) is 0 Å². The van der Waals surface area contributed by atoms with Gasteiger partial charge in [0.05, 0.1) is 0 Å². The number of carbonyl (C=O) groups is 3. The van der Waals surface area contributed by atoms with Crippen molar-refractivity contribution in [1.82, 2.24) is 4.57 Å². The number of allylic oxidation sites excluding steroid dienone is 2. The van der Waals surface area contributed by atoms with Gasteiger partial charge in [-0.05, 0) is 0 Å². The Kier molecular flexibility index (Phi) is 11.7. The van der Waals surface area contributed by atoms with Gasteiger partial charge in [-0.15, -0.1) is 0 Å². The first-order chi connectivity index (χ1) is 12.4. The first kappa shape index (κ1) is 24.8. The molecule has 0 spiro atoms. The number of methoxy groups -OCH3 is 1. The van der Waals surface area contributed by atoms with Crippen molar-refractivity contribution in [3.63, 3.8) is 0 Å². The summed E-state index contributed by atoms with van der Waals surface area (Å²) in [5, 5.41) is 0. The van der Waals surface area contributed by atoms with Gasteiger partial charge in [-0.3, -0.25) is 0 Å². The zero-order valence-electron chi connectivity index (χ0n) is 16.3. The fourth-order valence-electron chi connectivity index (χ4n) is 2.32. The maximum atomic E-state index is 12.4. The number of fused-ring (bicyclic) bond motifs is 1. The Balaban J connectivity index is 0.00000146. The van der Waals surface area contributed by atoms with Crippen molar-refractivity contribution in [3.8, 4) is 0 Å². The van der Waals surface area contributed by atoms with E-state index in [1.807, 2.05) is 27.7 Å². The first-order valence-corrected chi connectivity index (χ1v) is 22.5. The van der Waals surface area contributed by atoms with Gasteiger partial charge >= 0.3 is 145 Å². The Morgan fingerprint density at radius 1 is 1.23 bits per heavy atom. The third-order valence-electron chi connectivity index (χ3n) is 3.49. The van der Waals surface area contributed by atoms with E-state index >= 15 is 0 Å². The van der Waals surface area contributed by atoms with E-state index in [0.29, 0.717) is 11.3 Å². The number of ether oxygens (including phenoxy) is 2. The Labute approximate surface area is 172 Å². The Morgan fingerprint density at radius 3 is 2.31 bits per heavy atom. The van der Waals surface area contributed by atoms with Crippen LogP contribution in [0.1, 0.15) is 59.8 Å². The Bertz CT molecular complexity index is 696. The maximum absolute atomic E-state index is 12.4. The molecule has 0 fully saturated rings. The predicted molar refractivity (Wildman–Crippen MR) is 96.8 cm³/mol. The van der Waals surface area contributed by atoms with Crippen molar-refractivity contribution < 1.29 is 49.1 Å². The second-order valence-electron chi connectivity index (χ2n) is 4.54. The Morgan fingerprint density at radius 2 is 1.81 bits per heavy atom. The molecule has 1 aromatic heterocycles. The third kappa shape index (κ3) is 5.42. The van der Waals surface area contributed by atoms with Crippen LogP contribution in [0.4, 0.5) is 4.79 Å². The van der Waals surface area contributed by atoms with Crippen LogP contribution in [-0.2, 0) is 48.4 Å². The molecule has 2 rings (SSSR count). The number of halogens is 1. The van der Waals surface area contributed by atoms with Crippen LogP contribution in [0, 0.1) is 6.92 Å². The molecular weight excluding hydrogens is 595 g/mol. The van der Waals surface area contributed by atoms with E-state index in [1.54, 1.807) is 18.5 Å². The van der Waals surface area contributed by atoms with Gasteiger partial charge in [0.15, 0.2) is 0 Å². The van der Waals surface area contributed by atoms with Gasteiger partial charge in [0.1, 0.15) is 0 Å². The molecule has 1 heterocycles. The van der Waals surface area contributed by atoms with Gasteiger partial charge in [0.25, 0.3) is 0 Å². The van der Waals surface area contributed by atoms with Gasteiger partial charge in [0, 0.05) is 0 Å². The van der Waals surface area contributed by atoms with E-state index in [9.17, 15) is 14.4 Å². The quantitative estimate of drug-likeness (QED) is 0.371. The van der Waals surface area contributed by atoms with Crippen molar-refractivity contribution in [2.24, 2.45) is 7.05 Å². The van der Waals surface area contributed by atoms with Gasteiger partial charge in [-0.1, -0.05) is 27.7 Å². The molecule has 1 aromatic rings. The van der Waals surface area contributed by atoms with Crippen molar-refractivity contribution in [2.75, 3.05) is 7.11 Å².